The lowest BCUT2D eigenvalue weighted by Crippen LogP contribution is -2.59. The minimum absolute atomic E-state index is 0.0490. The highest BCUT2D eigenvalue weighted by atomic mass is 16.5. The van der Waals surface area contributed by atoms with Gasteiger partial charge in [-0.15, -0.1) is 0 Å². The Morgan fingerprint density at radius 3 is 2.74 bits per heavy atom. The summed E-state index contributed by atoms with van der Waals surface area (Å²) in [7, 11) is 0. The molecule has 0 bridgehead atoms. The van der Waals surface area contributed by atoms with Crippen molar-refractivity contribution < 1.29 is 9.53 Å². The van der Waals surface area contributed by atoms with Crippen LogP contribution in [0, 0.1) is 11.3 Å². The van der Waals surface area contributed by atoms with Crippen LogP contribution in [-0.4, -0.2) is 53.8 Å². The van der Waals surface area contributed by atoms with E-state index in [0.29, 0.717) is 19.5 Å². The summed E-state index contributed by atoms with van der Waals surface area (Å²) in [5.41, 5.74) is 2.16. The second-order valence-electron chi connectivity index (χ2n) is 8.64. The molecule has 1 aliphatic carbocycles. The first-order valence-corrected chi connectivity index (χ1v) is 11.5. The number of nitrogens with one attached hydrogen (secondary N) is 1. The number of aromatic nitrogens is 1. The molecule has 1 saturated carbocycles. The fourth-order valence-corrected chi connectivity index (χ4v) is 5.09. The number of rotatable bonds is 7. The van der Waals surface area contributed by atoms with Gasteiger partial charge in [-0.05, 0) is 25.0 Å². The van der Waals surface area contributed by atoms with Crippen molar-refractivity contribution in [2.24, 2.45) is 0 Å². The average Bonchev–Trinajstić information content (AvgIpc) is 3.19. The molecular formula is C25H32N4O2. The molecule has 6 nitrogen and oxygen atoms in total. The van der Waals surface area contributed by atoms with Crippen LogP contribution in [0.2, 0.25) is 0 Å². The van der Waals surface area contributed by atoms with E-state index in [4.69, 9.17) is 10.00 Å². The number of ether oxygens (including phenoxy) is 1. The van der Waals surface area contributed by atoms with Gasteiger partial charge in [-0.25, -0.2) is 0 Å². The first-order valence-electron chi connectivity index (χ1n) is 11.5. The summed E-state index contributed by atoms with van der Waals surface area (Å²) in [6.45, 7) is 4.82. The quantitative estimate of drug-likeness (QED) is 0.693. The molecular weight excluding hydrogens is 388 g/mol. The lowest BCUT2D eigenvalue weighted by atomic mass is 9.79. The number of benzene rings is 1. The zero-order valence-corrected chi connectivity index (χ0v) is 18.2. The second-order valence-corrected chi connectivity index (χ2v) is 8.64. The average molecular weight is 421 g/mol. The summed E-state index contributed by atoms with van der Waals surface area (Å²) in [4.78, 5) is 15.3. The summed E-state index contributed by atoms with van der Waals surface area (Å²) in [6, 6.07) is 10.3. The maximum Gasteiger partial charge on any atom is 0.244 e. The van der Waals surface area contributed by atoms with Gasteiger partial charge in [-0.1, -0.05) is 37.5 Å². The van der Waals surface area contributed by atoms with Crippen LogP contribution in [0.5, 0.6) is 0 Å². The number of carbonyl (C=O) groups excluding carboxylic acids is 1. The SMILES string of the molecule is N#CCCn1cc(/C=C/C(=O)NCC2(N3CCOCC3)CCCCC2)c2ccccc21. The van der Waals surface area contributed by atoms with Crippen LogP contribution in [-0.2, 0) is 16.1 Å². The molecule has 1 amide bonds. The number of fused-ring (bicyclic) bond motifs is 1. The summed E-state index contributed by atoms with van der Waals surface area (Å²) in [5, 5.41) is 13.2. The molecule has 2 aromatic rings. The van der Waals surface area contributed by atoms with Crippen molar-refractivity contribution in [2.75, 3.05) is 32.8 Å². The van der Waals surface area contributed by atoms with Crippen LogP contribution >= 0.6 is 0 Å². The fourth-order valence-electron chi connectivity index (χ4n) is 5.09. The van der Waals surface area contributed by atoms with Crippen molar-refractivity contribution >= 4 is 22.9 Å². The van der Waals surface area contributed by atoms with Gasteiger partial charge >= 0.3 is 0 Å². The molecule has 0 radical (unpaired) electrons. The van der Waals surface area contributed by atoms with E-state index in [1.807, 2.05) is 24.4 Å². The van der Waals surface area contributed by atoms with Crippen molar-refractivity contribution in [3.63, 3.8) is 0 Å². The number of hydrogen-bond acceptors (Lipinski definition) is 4. The zero-order valence-electron chi connectivity index (χ0n) is 18.2. The molecule has 31 heavy (non-hydrogen) atoms. The van der Waals surface area contributed by atoms with Gasteiger partial charge in [-0.2, -0.15) is 5.26 Å². The van der Waals surface area contributed by atoms with Gasteiger partial charge in [-0.3, -0.25) is 9.69 Å². The summed E-state index contributed by atoms with van der Waals surface area (Å²) in [6.07, 6.45) is 12.1. The van der Waals surface area contributed by atoms with Crippen molar-refractivity contribution in [2.45, 2.75) is 50.6 Å². The zero-order chi connectivity index (χ0) is 21.5. The fraction of sp³-hybridized carbons (Fsp3) is 0.520. The Hall–Kier alpha value is -2.62. The highest BCUT2D eigenvalue weighted by Gasteiger charge is 2.38. The number of morpholine rings is 1. The van der Waals surface area contributed by atoms with Crippen LogP contribution in [0.25, 0.3) is 17.0 Å². The molecule has 0 atom stereocenters. The van der Waals surface area contributed by atoms with Crippen LogP contribution in [0.3, 0.4) is 0 Å². The highest BCUT2D eigenvalue weighted by molar-refractivity contribution is 5.96. The first kappa shape index (κ1) is 21.6. The molecule has 6 heteroatoms. The van der Waals surface area contributed by atoms with Gasteiger partial charge in [0.1, 0.15) is 0 Å². The van der Waals surface area contributed by atoms with Crippen molar-refractivity contribution in [1.82, 2.24) is 14.8 Å². The van der Waals surface area contributed by atoms with E-state index in [0.717, 1.165) is 55.6 Å². The molecule has 164 valence electrons. The van der Waals surface area contributed by atoms with Crippen molar-refractivity contribution in [1.29, 1.82) is 5.26 Å². The number of carbonyl (C=O) groups is 1. The third-order valence-electron chi connectivity index (χ3n) is 6.76. The van der Waals surface area contributed by atoms with Crippen molar-refractivity contribution in [3.8, 4) is 6.07 Å². The third-order valence-corrected chi connectivity index (χ3v) is 6.76. The van der Waals surface area contributed by atoms with Crippen LogP contribution in [0.1, 0.15) is 44.1 Å². The Labute approximate surface area is 184 Å². The molecule has 1 N–H and O–H groups in total. The summed E-state index contributed by atoms with van der Waals surface area (Å²) >= 11 is 0. The van der Waals surface area contributed by atoms with Crippen LogP contribution < -0.4 is 5.32 Å². The Morgan fingerprint density at radius 2 is 1.97 bits per heavy atom. The number of nitriles is 1. The molecule has 2 fully saturated rings. The van der Waals surface area contributed by atoms with Gasteiger partial charge in [0.05, 0.1) is 25.7 Å². The maximum atomic E-state index is 12.7. The largest absolute Gasteiger partial charge is 0.379 e. The predicted octanol–water partition coefficient (Wildman–Crippen LogP) is 3.72. The standard InChI is InChI=1S/C25H32N4O2/c26-13-6-14-28-19-21(22-7-2-3-8-23(22)28)9-10-24(30)27-20-25(11-4-1-5-12-25)29-15-17-31-18-16-29/h2-3,7-10,19H,1,4-6,11-12,14-18,20H2,(H,27,30)/b10-9+. The minimum Gasteiger partial charge on any atom is -0.379 e. The lowest BCUT2D eigenvalue weighted by molar-refractivity contribution is -0.117. The summed E-state index contributed by atoms with van der Waals surface area (Å²) < 4.78 is 7.64. The normalized spacial score (nSPS) is 19.5. The third kappa shape index (κ3) is 5.00. The topological polar surface area (TPSA) is 70.3 Å². The number of amides is 1. The number of para-hydroxylation sites is 1. The molecule has 2 aliphatic rings. The molecule has 0 unspecified atom stereocenters. The van der Waals surface area contributed by atoms with E-state index >= 15 is 0 Å². The molecule has 2 heterocycles. The molecule has 4 rings (SSSR count). The Kier molecular flexibility index (Phi) is 7.06. The molecule has 1 aromatic carbocycles. The van der Waals surface area contributed by atoms with E-state index in [-0.39, 0.29) is 11.4 Å². The van der Waals surface area contributed by atoms with Crippen LogP contribution in [0.15, 0.2) is 36.5 Å². The molecule has 1 saturated heterocycles. The number of aryl methyl sites for hydroxylation is 1. The van der Waals surface area contributed by atoms with E-state index in [9.17, 15) is 4.79 Å². The monoisotopic (exact) mass is 420 g/mol. The van der Waals surface area contributed by atoms with Gasteiger partial charge in [0, 0.05) is 60.5 Å². The van der Waals surface area contributed by atoms with Gasteiger partial charge < -0.3 is 14.6 Å². The highest BCUT2D eigenvalue weighted by Crippen LogP contribution is 2.34. The first-order chi connectivity index (χ1) is 15.2. The summed E-state index contributed by atoms with van der Waals surface area (Å²) in [5.74, 6) is -0.0490. The Bertz CT molecular complexity index is 960. The van der Waals surface area contributed by atoms with Crippen molar-refractivity contribution in [3.05, 3.63) is 42.1 Å². The van der Waals surface area contributed by atoms with E-state index < -0.39 is 0 Å². The van der Waals surface area contributed by atoms with E-state index in [1.54, 1.807) is 6.08 Å². The molecule has 0 spiro atoms. The van der Waals surface area contributed by atoms with Gasteiger partial charge in [0.2, 0.25) is 5.91 Å². The van der Waals surface area contributed by atoms with Gasteiger partial charge in [0.25, 0.3) is 0 Å². The Morgan fingerprint density at radius 1 is 1.19 bits per heavy atom. The molecule has 1 aromatic heterocycles. The number of hydrogen-bond donors (Lipinski definition) is 1. The lowest BCUT2D eigenvalue weighted by Gasteiger charge is -2.48. The Balaban J connectivity index is 1.44. The minimum atomic E-state index is -0.0490. The maximum absolute atomic E-state index is 12.7. The smallest absolute Gasteiger partial charge is 0.244 e. The van der Waals surface area contributed by atoms with Gasteiger partial charge in [0.15, 0.2) is 0 Å². The molecule has 1 aliphatic heterocycles. The van der Waals surface area contributed by atoms with E-state index in [2.05, 4.69) is 33.0 Å². The number of nitrogens with zero attached hydrogens (tertiary/aromatic N) is 3. The second kappa shape index (κ2) is 10.1. The van der Waals surface area contributed by atoms with E-state index in [1.165, 1.54) is 19.3 Å². The predicted molar refractivity (Wildman–Crippen MR) is 122 cm³/mol. The van der Waals surface area contributed by atoms with Crippen LogP contribution in [0.4, 0.5) is 0 Å².